The zero-order valence-electron chi connectivity index (χ0n) is 13.8. The number of carbonyl (C=O) groups excluding carboxylic acids is 1. The molecule has 0 aromatic carbocycles. The van der Waals surface area contributed by atoms with Crippen molar-refractivity contribution < 1.29 is 14.6 Å². The molecule has 1 amide bonds. The Morgan fingerprint density at radius 1 is 1.43 bits per heavy atom. The number of pyridine rings is 1. The molecule has 0 radical (unpaired) electrons. The summed E-state index contributed by atoms with van der Waals surface area (Å²) in [5.41, 5.74) is 3.01. The molecule has 0 spiro atoms. The van der Waals surface area contributed by atoms with Crippen LogP contribution in [0.5, 0.6) is 0 Å². The molecular formula is C17H23N3O3. The Morgan fingerprint density at radius 3 is 2.78 bits per heavy atom. The van der Waals surface area contributed by atoms with Crippen LogP contribution in [0.1, 0.15) is 56.4 Å². The number of aromatic nitrogens is 2. The van der Waals surface area contributed by atoms with Crippen LogP contribution in [0.15, 0.2) is 18.5 Å². The highest BCUT2D eigenvalue weighted by atomic mass is 16.6. The molecule has 1 aliphatic rings. The van der Waals surface area contributed by atoms with E-state index in [1.54, 1.807) is 0 Å². The number of hydrogen-bond donors (Lipinski definition) is 2. The third-order valence-corrected chi connectivity index (χ3v) is 3.73. The Kier molecular flexibility index (Phi) is 4.02. The van der Waals surface area contributed by atoms with Gasteiger partial charge in [-0.3, -0.25) is 0 Å². The minimum Gasteiger partial charge on any atom is -0.444 e. The Balaban J connectivity index is 1.76. The van der Waals surface area contributed by atoms with E-state index in [1.807, 2.05) is 37.4 Å². The number of nitrogens with one attached hydrogen (secondary N) is 1. The van der Waals surface area contributed by atoms with Gasteiger partial charge < -0.3 is 19.6 Å². The molecular weight excluding hydrogens is 294 g/mol. The largest absolute Gasteiger partial charge is 0.444 e. The fraction of sp³-hybridized carbons (Fsp3) is 0.529. The van der Waals surface area contributed by atoms with Crippen molar-refractivity contribution in [2.24, 2.45) is 0 Å². The van der Waals surface area contributed by atoms with E-state index in [2.05, 4.69) is 16.5 Å². The summed E-state index contributed by atoms with van der Waals surface area (Å²) in [6.07, 6.45) is 5.90. The highest BCUT2D eigenvalue weighted by molar-refractivity contribution is 5.67. The lowest BCUT2D eigenvalue weighted by Crippen LogP contribution is -2.32. The molecule has 0 aliphatic heterocycles. The SMILES string of the molecule is CC(C)(C)OC(=O)NCc1cn2cc(C3CC3)cc(CO)c2n1. The number of amides is 1. The van der Waals surface area contributed by atoms with E-state index in [4.69, 9.17) is 4.74 Å². The van der Waals surface area contributed by atoms with Crippen molar-refractivity contribution in [3.05, 3.63) is 35.3 Å². The molecule has 0 saturated heterocycles. The van der Waals surface area contributed by atoms with Crippen molar-refractivity contribution in [2.75, 3.05) is 0 Å². The van der Waals surface area contributed by atoms with Crippen molar-refractivity contribution >= 4 is 11.7 Å². The first kappa shape index (κ1) is 15.8. The summed E-state index contributed by atoms with van der Waals surface area (Å²) in [6, 6.07) is 2.03. The molecule has 2 heterocycles. The third-order valence-electron chi connectivity index (χ3n) is 3.73. The zero-order chi connectivity index (χ0) is 16.6. The highest BCUT2D eigenvalue weighted by Crippen LogP contribution is 2.40. The summed E-state index contributed by atoms with van der Waals surface area (Å²) in [6.45, 7) is 5.72. The number of carbonyl (C=O) groups is 1. The molecule has 1 saturated carbocycles. The third kappa shape index (κ3) is 3.82. The maximum absolute atomic E-state index is 11.7. The van der Waals surface area contributed by atoms with E-state index in [-0.39, 0.29) is 6.61 Å². The van der Waals surface area contributed by atoms with Crippen molar-refractivity contribution in [1.29, 1.82) is 0 Å². The number of aliphatic hydroxyl groups is 1. The maximum Gasteiger partial charge on any atom is 0.407 e. The summed E-state index contributed by atoms with van der Waals surface area (Å²) in [7, 11) is 0. The van der Waals surface area contributed by atoms with Gasteiger partial charge in [0.1, 0.15) is 11.2 Å². The van der Waals surface area contributed by atoms with E-state index in [0.29, 0.717) is 12.5 Å². The van der Waals surface area contributed by atoms with Gasteiger partial charge in [-0.2, -0.15) is 0 Å². The van der Waals surface area contributed by atoms with Crippen molar-refractivity contribution in [2.45, 2.75) is 58.3 Å². The summed E-state index contributed by atoms with van der Waals surface area (Å²) >= 11 is 0. The van der Waals surface area contributed by atoms with Crippen LogP contribution < -0.4 is 5.32 Å². The van der Waals surface area contributed by atoms with Gasteiger partial charge in [0.2, 0.25) is 0 Å². The minimum atomic E-state index is -0.522. The van der Waals surface area contributed by atoms with Gasteiger partial charge in [0.25, 0.3) is 0 Å². The molecule has 6 nitrogen and oxygen atoms in total. The van der Waals surface area contributed by atoms with Gasteiger partial charge in [0, 0.05) is 18.0 Å². The van der Waals surface area contributed by atoms with Gasteiger partial charge in [-0.05, 0) is 51.2 Å². The molecule has 1 aliphatic carbocycles. The maximum atomic E-state index is 11.7. The predicted octanol–water partition coefficient (Wildman–Crippen LogP) is 2.73. The first-order chi connectivity index (χ1) is 10.9. The molecule has 1 fully saturated rings. The topological polar surface area (TPSA) is 75.9 Å². The van der Waals surface area contributed by atoms with Gasteiger partial charge in [-0.25, -0.2) is 9.78 Å². The first-order valence-electron chi connectivity index (χ1n) is 7.94. The standard InChI is InChI=1S/C17H23N3O3/c1-17(2,3)23-16(22)18-7-14-9-20-8-12(11-4-5-11)6-13(10-21)15(20)19-14/h6,8-9,11,21H,4-5,7,10H2,1-3H3,(H,18,22). The number of alkyl carbamates (subject to hydrolysis) is 1. The van der Waals surface area contributed by atoms with Gasteiger partial charge in [0.05, 0.1) is 18.8 Å². The second kappa shape index (κ2) is 5.85. The van der Waals surface area contributed by atoms with Gasteiger partial charge >= 0.3 is 6.09 Å². The van der Waals surface area contributed by atoms with Gasteiger partial charge in [-0.1, -0.05) is 0 Å². The average Bonchev–Trinajstić information content (AvgIpc) is 3.22. The molecule has 0 unspecified atom stereocenters. The monoisotopic (exact) mass is 317 g/mol. The lowest BCUT2D eigenvalue weighted by molar-refractivity contribution is 0.0523. The second-order valence-corrected chi connectivity index (χ2v) is 7.05. The predicted molar refractivity (Wildman–Crippen MR) is 86.2 cm³/mol. The van der Waals surface area contributed by atoms with Crippen molar-refractivity contribution in [3.8, 4) is 0 Å². The number of imidazole rings is 1. The summed E-state index contributed by atoms with van der Waals surface area (Å²) < 4.78 is 7.15. The number of hydrogen-bond acceptors (Lipinski definition) is 4. The van der Waals surface area contributed by atoms with Crippen LogP contribution in [0, 0.1) is 0 Å². The Labute approximate surface area is 135 Å². The molecule has 2 aromatic rings. The molecule has 3 rings (SSSR count). The van der Waals surface area contributed by atoms with Gasteiger partial charge in [-0.15, -0.1) is 0 Å². The van der Waals surface area contributed by atoms with E-state index >= 15 is 0 Å². The lowest BCUT2D eigenvalue weighted by Gasteiger charge is -2.19. The van der Waals surface area contributed by atoms with Crippen LogP contribution in [0.3, 0.4) is 0 Å². The Bertz CT molecular complexity index is 726. The zero-order valence-corrected chi connectivity index (χ0v) is 13.8. The fourth-order valence-corrected chi connectivity index (χ4v) is 2.56. The fourth-order valence-electron chi connectivity index (χ4n) is 2.56. The number of fused-ring (bicyclic) bond motifs is 1. The van der Waals surface area contributed by atoms with E-state index in [1.165, 1.54) is 18.4 Å². The summed E-state index contributed by atoms with van der Waals surface area (Å²) in [4.78, 5) is 16.2. The van der Waals surface area contributed by atoms with E-state index in [0.717, 1.165) is 16.9 Å². The van der Waals surface area contributed by atoms with Crippen LogP contribution in [-0.2, 0) is 17.9 Å². The van der Waals surface area contributed by atoms with Gasteiger partial charge in [0.15, 0.2) is 0 Å². The number of aliphatic hydroxyl groups excluding tert-OH is 1. The quantitative estimate of drug-likeness (QED) is 0.909. The lowest BCUT2D eigenvalue weighted by atomic mass is 10.1. The van der Waals surface area contributed by atoms with Crippen LogP contribution in [0.4, 0.5) is 4.79 Å². The average molecular weight is 317 g/mol. The minimum absolute atomic E-state index is 0.0417. The van der Waals surface area contributed by atoms with Crippen LogP contribution >= 0.6 is 0 Å². The Hall–Kier alpha value is -2.08. The van der Waals surface area contributed by atoms with Crippen LogP contribution in [0.25, 0.3) is 5.65 Å². The normalized spacial score (nSPS) is 15.0. The molecule has 23 heavy (non-hydrogen) atoms. The Morgan fingerprint density at radius 2 is 2.17 bits per heavy atom. The number of nitrogens with zero attached hydrogens (tertiary/aromatic N) is 2. The second-order valence-electron chi connectivity index (χ2n) is 7.05. The molecule has 124 valence electrons. The summed E-state index contributed by atoms with van der Waals surface area (Å²) in [5.74, 6) is 0.607. The van der Waals surface area contributed by atoms with Crippen LogP contribution in [0.2, 0.25) is 0 Å². The molecule has 0 atom stereocenters. The summed E-state index contributed by atoms with van der Waals surface area (Å²) in [5, 5.41) is 12.3. The molecule has 2 aromatic heterocycles. The molecule has 0 bridgehead atoms. The van der Waals surface area contributed by atoms with Crippen LogP contribution in [-0.4, -0.2) is 26.2 Å². The highest BCUT2D eigenvalue weighted by Gasteiger charge is 2.25. The van der Waals surface area contributed by atoms with Crippen molar-refractivity contribution in [3.63, 3.8) is 0 Å². The number of rotatable bonds is 4. The van der Waals surface area contributed by atoms with E-state index < -0.39 is 11.7 Å². The first-order valence-corrected chi connectivity index (χ1v) is 7.94. The smallest absolute Gasteiger partial charge is 0.407 e. The van der Waals surface area contributed by atoms with E-state index in [9.17, 15) is 9.90 Å². The molecule has 6 heteroatoms. The molecule has 2 N–H and O–H groups in total. The van der Waals surface area contributed by atoms with Crippen molar-refractivity contribution in [1.82, 2.24) is 14.7 Å². The number of ether oxygens (including phenoxy) is 1.